The molecule has 2 fully saturated rings. The number of nitrogens with zero attached hydrogens (tertiary/aromatic N) is 1. The van der Waals surface area contributed by atoms with Gasteiger partial charge in [0.2, 0.25) is 0 Å². The fraction of sp³-hybridized carbons (Fsp3) is 1.00. The van der Waals surface area contributed by atoms with Crippen LogP contribution in [0, 0.1) is 0 Å². The average Bonchev–Trinajstić information content (AvgIpc) is 3.13. The van der Waals surface area contributed by atoms with Crippen LogP contribution in [-0.2, 0) is 4.74 Å². The SMILES string of the molecule is COC1CCCN(CC(C)(CO)NC2CC2)C1. The van der Waals surface area contributed by atoms with Gasteiger partial charge in [-0.25, -0.2) is 0 Å². The van der Waals surface area contributed by atoms with Crippen molar-refractivity contribution in [2.24, 2.45) is 0 Å². The van der Waals surface area contributed by atoms with E-state index in [2.05, 4.69) is 17.1 Å². The monoisotopic (exact) mass is 242 g/mol. The van der Waals surface area contributed by atoms with E-state index in [1.54, 1.807) is 7.11 Å². The third-order valence-corrected chi connectivity index (χ3v) is 3.85. The van der Waals surface area contributed by atoms with Crippen molar-refractivity contribution in [3.63, 3.8) is 0 Å². The summed E-state index contributed by atoms with van der Waals surface area (Å²) in [6, 6.07) is 0.634. The lowest BCUT2D eigenvalue weighted by Gasteiger charge is -2.39. The van der Waals surface area contributed by atoms with Crippen molar-refractivity contribution in [3.8, 4) is 0 Å². The highest BCUT2D eigenvalue weighted by atomic mass is 16.5. The Hall–Kier alpha value is -0.160. The molecule has 1 saturated carbocycles. The number of ether oxygens (including phenoxy) is 1. The quantitative estimate of drug-likeness (QED) is 0.716. The van der Waals surface area contributed by atoms with E-state index < -0.39 is 0 Å². The first-order valence-corrected chi connectivity index (χ1v) is 6.79. The molecule has 0 spiro atoms. The standard InChI is InChI=1S/C13H26N2O2/c1-13(10-16,14-11-5-6-11)9-15-7-3-4-12(8-15)17-2/h11-12,14,16H,3-10H2,1-2H3. The van der Waals surface area contributed by atoms with Gasteiger partial charge in [-0.2, -0.15) is 0 Å². The Bertz CT molecular complexity index is 246. The maximum absolute atomic E-state index is 9.60. The van der Waals surface area contributed by atoms with Crippen molar-refractivity contribution in [3.05, 3.63) is 0 Å². The lowest BCUT2D eigenvalue weighted by molar-refractivity contribution is 0.0150. The Morgan fingerprint density at radius 1 is 1.41 bits per heavy atom. The van der Waals surface area contributed by atoms with Crippen LogP contribution in [0.4, 0.5) is 0 Å². The normalized spacial score (nSPS) is 30.2. The number of nitrogens with one attached hydrogen (secondary N) is 1. The second kappa shape index (κ2) is 5.65. The number of hydrogen-bond acceptors (Lipinski definition) is 4. The molecule has 17 heavy (non-hydrogen) atoms. The van der Waals surface area contributed by atoms with E-state index in [1.165, 1.54) is 25.7 Å². The molecule has 2 unspecified atom stereocenters. The van der Waals surface area contributed by atoms with Crippen LogP contribution in [0.15, 0.2) is 0 Å². The largest absolute Gasteiger partial charge is 0.394 e. The molecule has 0 radical (unpaired) electrons. The van der Waals surface area contributed by atoms with E-state index in [1.807, 2.05) is 0 Å². The summed E-state index contributed by atoms with van der Waals surface area (Å²) in [4.78, 5) is 2.42. The summed E-state index contributed by atoms with van der Waals surface area (Å²) < 4.78 is 5.44. The van der Waals surface area contributed by atoms with Gasteiger partial charge in [-0.1, -0.05) is 0 Å². The van der Waals surface area contributed by atoms with Crippen LogP contribution < -0.4 is 5.32 Å². The zero-order valence-electron chi connectivity index (χ0n) is 11.1. The Labute approximate surface area is 104 Å². The summed E-state index contributed by atoms with van der Waals surface area (Å²) in [6.07, 6.45) is 5.25. The number of piperidine rings is 1. The Morgan fingerprint density at radius 3 is 2.76 bits per heavy atom. The number of hydrogen-bond donors (Lipinski definition) is 2. The Kier molecular flexibility index (Phi) is 4.42. The van der Waals surface area contributed by atoms with Gasteiger partial charge in [0.15, 0.2) is 0 Å². The number of aliphatic hydroxyl groups is 1. The molecule has 0 aromatic carbocycles. The molecule has 4 heteroatoms. The zero-order chi connectivity index (χ0) is 12.3. The predicted octanol–water partition coefficient (Wildman–Crippen LogP) is 0.600. The smallest absolute Gasteiger partial charge is 0.0698 e. The van der Waals surface area contributed by atoms with Gasteiger partial charge in [0, 0.05) is 26.2 Å². The Balaban J connectivity index is 1.83. The summed E-state index contributed by atoms with van der Waals surface area (Å²) in [6.45, 7) is 5.37. The first kappa shape index (κ1) is 13.3. The predicted molar refractivity (Wildman–Crippen MR) is 68.1 cm³/mol. The minimum atomic E-state index is -0.156. The van der Waals surface area contributed by atoms with Gasteiger partial charge < -0.3 is 15.2 Å². The lowest BCUT2D eigenvalue weighted by Crippen LogP contribution is -2.56. The fourth-order valence-electron chi connectivity index (χ4n) is 2.70. The lowest BCUT2D eigenvalue weighted by atomic mass is 10.00. The van der Waals surface area contributed by atoms with E-state index in [4.69, 9.17) is 4.74 Å². The van der Waals surface area contributed by atoms with Gasteiger partial charge in [0.05, 0.1) is 18.2 Å². The van der Waals surface area contributed by atoms with Crippen LogP contribution in [0.25, 0.3) is 0 Å². The second-order valence-corrected chi connectivity index (χ2v) is 5.87. The van der Waals surface area contributed by atoms with E-state index in [-0.39, 0.29) is 12.1 Å². The molecule has 1 aliphatic carbocycles. The van der Waals surface area contributed by atoms with E-state index >= 15 is 0 Å². The minimum Gasteiger partial charge on any atom is -0.394 e. The van der Waals surface area contributed by atoms with Crippen LogP contribution in [0.1, 0.15) is 32.6 Å². The molecule has 2 aliphatic rings. The molecule has 4 nitrogen and oxygen atoms in total. The third kappa shape index (κ3) is 3.91. The van der Waals surface area contributed by atoms with Crippen molar-refractivity contribution in [2.45, 2.75) is 50.3 Å². The van der Waals surface area contributed by atoms with E-state index in [9.17, 15) is 5.11 Å². The van der Waals surface area contributed by atoms with Gasteiger partial charge >= 0.3 is 0 Å². The summed E-state index contributed by atoms with van der Waals surface area (Å²) in [5.74, 6) is 0. The van der Waals surface area contributed by atoms with Gasteiger partial charge in [0.25, 0.3) is 0 Å². The highest BCUT2D eigenvalue weighted by molar-refractivity contribution is 4.95. The van der Waals surface area contributed by atoms with Crippen LogP contribution in [0.3, 0.4) is 0 Å². The molecule has 2 atom stereocenters. The first-order valence-electron chi connectivity index (χ1n) is 6.79. The molecule has 2 rings (SSSR count). The van der Waals surface area contributed by atoms with Crippen molar-refractivity contribution in [1.29, 1.82) is 0 Å². The maximum atomic E-state index is 9.60. The van der Waals surface area contributed by atoms with Crippen molar-refractivity contribution < 1.29 is 9.84 Å². The molecular formula is C13H26N2O2. The molecule has 0 amide bonds. The first-order chi connectivity index (χ1) is 8.15. The second-order valence-electron chi connectivity index (χ2n) is 5.87. The summed E-state index contributed by atoms with van der Waals surface area (Å²) in [7, 11) is 1.79. The minimum absolute atomic E-state index is 0.156. The van der Waals surface area contributed by atoms with Crippen LogP contribution >= 0.6 is 0 Å². The highest BCUT2D eigenvalue weighted by Crippen LogP contribution is 2.23. The molecule has 1 heterocycles. The van der Waals surface area contributed by atoms with E-state index in [0.29, 0.717) is 12.1 Å². The topological polar surface area (TPSA) is 44.7 Å². The van der Waals surface area contributed by atoms with Crippen molar-refractivity contribution in [1.82, 2.24) is 10.2 Å². The van der Waals surface area contributed by atoms with Gasteiger partial charge in [-0.05, 0) is 39.2 Å². The van der Waals surface area contributed by atoms with Crippen LogP contribution in [0.5, 0.6) is 0 Å². The zero-order valence-corrected chi connectivity index (χ0v) is 11.1. The van der Waals surface area contributed by atoms with E-state index in [0.717, 1.165) is 19.6 Å². The van der Waals surface area contributed by atoms with Crippen molar-refractivity contribution >= 4 is 0 Å². The number of likely N-dealkylation sites (tertiary alicyclic amines) is 1. The summed E-state index contributed by atoms with van der Waals surface area (Å²) >= 11 is 0. The summed E-state index contributed by atoms with van der Waals surface area (Å²) in [5, 5.41) is 13.2. The Morgan fingerprint density at radius 2 is 2.18 bits per heavy atom. The maximum Gasteiger partial charge on any atom is 0.0698 e. The molecular weight excluding hydrogens is 216 g/mol. The molecule has 0 bridgehead atoms. The van der Waals surface area contributed by atoms with Crippen LogP contribution in [0.2, 0.25) is 0 Å². The van der Waals surface area contributed by atoms with Gasteiger partial charge in [-0.3, -0.25) is 4.90 Å². The summed E-state index contributed by atoms with van der Waals surface area (Å²) in [5.41, 5.74) is -0.156. The molecule has 0 aromatic heterocycles. The number of rotatable bonds is 6. The molecule has 0 aromatic rings. The third-order valence-electron chi connectivity index (χ3n) is 3.85. The molecule has 1 saturated heterocycles. The molecule has 2 N–H and O–H groups in total. The van der Waals surface area contributed by atoms with Crippen LogP contribution in [-0.4, -0.2) is 61.0 Å². The van der Waals surface area contributed by atoms with Gasteiger partial charge in [-0.15, -0.1) is 0 Å². The number of aliphatic hydroxyl groups excluding tert-OH is 1. The van der Waals surface area contributed by atoms with Crippen molar-refractivity contribution in [2.75, 3.05) is 33.4 Å². The highest BCUT2D eigenvalue weighted by Gasteiger charge is 2.34. The average molecular weight is 242 g/mol. The fourth-order valence-corrected chi connectivity index (χ4v) is 2.70. The molecule has 100 valence electrons. The van der Waals surface area contributed by atoms with Gasteiger partial charge in [0.1, 0.15) is 0 Å². The molecule has 1 aliphatic heterocycles. The number of methoxy groups -OCH3 is 1.